The topological polar surface area (TPSA) is 85.9 Å². The zero-order chi connectivity index (χ0) is 14.7. The molecule has 1 heterocycles. The summed E-state index contributed by atoms with van der Waals surface area (Å²) in [4.78, 5) is 10.4. The van der Waals surface area contributed by atoms with Gasteiger partial charge in [0.05, 0.1) is 16.8 Å². The van der Waals surface area contributed by atoms with Crippen LogP contribution in [0.4, 0.5) is 10.1 Å². The lowest BCUT2D eigenvalue weighted by Crippen LogP contribution is -2.21. The van der Waals surface area contributed by atoms with Crippen LogP contribution < -0.4 is 5.32 Å². The number of aromatic nitrogens is 3. The van der Waals surface area contributed by atoms with E-state index in [1.165, 1.54) is 10.9 Å². The van der Waals surface area contributed by atoms with Gasteiger partial charge in [-0.1, -0.05) is 19.1 Å². The van der Waals surface area contributed by atoms with Gasteiger partial charge in [0.15, 0.2) is 0 Å². The van der Waals surface area contributed by atoms with E-state index in [1.807, 2.05) is 13.8 Å². The van der Waals surface area contributed by atoms with Gasteiger partial charge in [-0.2, -0.15) is 0 Å². The van der Waals surface area contributed by atoms with Gasteiger partial charge in [-0.3, -0.25) is 10.1 Å². The minimum Gasteiger partial charge on any atom is -0.309 e. The van der Waals surface area contributed by atoms with Crippen LogP contribution in [0.1, 0.15) is 19.5 Å². The van der Waals surface area contributed by atoms with Crippen molar-refractivity contribution in [3.05, 3.63) is 46.0 Å². The van der Waals surface area contributed by atoms with Gasteiger partial charge in [0.1, 0.15) is 11.5 Å². The maximum Gasteiger partial charge on any atom is 0.295 e. The quantitative estimate of drug-likeness (QED) is 0.666. The Morgan fingerprint density at radius 3 is 2.90 bits per heavy atom. The van der Waals surface area contributed by atoms with E-state index in [0.717, 1.165) is 18.2 Å². The second-order valence-corrected chi connectivity index (χ2v) is 4.58. The molecular weight excluding hydrogens is 265 g/mol. The van der Waals surface area contributed by atoms with Crippen molar-refractivity contribution >= 4 is 5.69 Å². The summed E-state index contributed by atoms with van der Waals surface area (Å²) >= 11 is 0. The van der Waals surface area contributed by atoms with Crippen LogP contribution in [0.25, 0.3) is 5.69 Å². The van der Waals surface area contributed by atoms with E-state index in [9.17, 15) is 14.5 Å². The Bertz CT molecular complexity index is 626. The summed E-state index contributed by atoms with van der Waals surface area (Å²) < 4.78 is 14.5. The average Bonchev–Trinajstić information content (AvgIpc) is 2.84. The van der Waals surface area contributed by atoms with Crippen molar-refractivity contribution in [2.24, 2.45) is 0 Å². The second kappa shape index (κ2) is 5.74. The van der Waals surface area contributed by atoms with Crippen molar-refractivity contribution in [3.63, 3.8) is 0 Å². The molecule has 0 aliphatic heterocycles. The molecule has 0 saturated heterocycles. The molecule has 20 heavy (non-hydrogen) atoms. The Hall–Kier alpha value is -2.35. The number of nitrogens with zero attached hydrogens (tertiary/aromatic N) is 4. The second-order valence-electron chi connectivity index (χ2n) is 4.58. The van der Waals surface area contributed by atoms with Crippen LogP contribution in [0.15, 0.2) is 24.4 Å². The minimum atomic E-state index is -0.581. The molecule has 8 heteroatoms. The van der Waals surface area contributed by atoms with E-state index in [1.54, 1.807) is 0 Å². The Morgan fingerprint density at radius 2 is 2.25 bits per heavy atom. The van der Waals surface area contributed by atoms with E-state index < -0.39 is 10.7 Å². The van der Waals surface area contributed by atoms with Crippen LogP contribution in [-0.2, 0) is 6.54 Å². The summed E-state index contributed by atoms with van der Waals surface area (Å²) in [5.41, 5.74) is 0.454. The van der Waals surface area contributed by atoms with Crippen LogP contribution in [0.3, 0.4) is 0 Å². The van der Waals surface area contributed by atoms with Crippen molar-refractivity contribution in [2.45, 2.75) is 26.4 Å². The van der Waals surface area contributed by atoms with Gasteiger partial charge in [0, 0.05) is 24.7 Å². The standard InChI is InChI=1S/C12H14FN5O2/c1-8(2)14-6-10-7-17(16-15-10)12-5-9(13)3-4-11(12)18(19)20/h3-5,7-8,14H,6H2,1-2H3. The smallest absolute Gasteiger partial charge is 0.295 e. The van der Waals surface area contributed by atoms with Crippen molar-refractivity contribution in [1.29, 1.82) is 0 Å². The third-order valence-corrected chi connectivity index (χ3v) is 2.61. The van der Waals surface area contributed by atoms with E-state index in [4.69, 9.17) is 0 Å². The zero-order valence-corrected chi connectivity index (χ0v) is 11.1. The molecule has 2 aromatic rings. The van der Waals surface area contributed by atoms with E-state index in [2.05, 4.69) is 15.6 Å². The van der Waals surface area contributed by atoms with E-state index in [-0.39, 0.29) is 17.4 Å². The number of rotatable bonds is 5. The first-order chi connectivity index (χ1) is 9.47. The number of nitrogens with one attached hydrogen (secondary N) is 1. The lowest BCUT2D eigenvalue weighted by atomic mass is 10.2. The van der Waals surface area contributed by atoms with Crippen LogP contribution in [-0.4, -0.2) is 26.0 Å². The fourth-order valence-electron chi connectivity index (χ4n) is 1.64. The number of hydrogen-bond donors (Lipinski definition) is 1. The highest BCUT2D eigenvalue weighted by Gasteiger charge is 2.17. The molecule has 0 bridgehead atoms. The van der Waals surface area contributed by atoms with Crippen LogP contribution in [0.5, 0.6) is 0 Å². The highest BCUT2D eigenvalue weighted by Crippen LogP contribution is 2.22. The summed E-state index contributed by atoms with van der Waals surface area (Å²) in [7, 11) is 0. The van der Waals surface area contributed by atoms with Crippen molar-refractivity contribution in [2.75, 3.05) is 0 Å². The maximum absolute atomic E-state index is 13.3. The molecule has 0 spiro atoms. The van der Waals surface area contributed by atoms with Gasteiger partial charge in [0.25, 0.3) is 5.69 Å². The SMILES string of the molecule is CC(C)NCc1cn(-c2cc(F)ccc2[N+](=O)[O-])nn1. The molecule has 0 unspecified atom stereocenters. The predicted octanol–water partition coefficient (Wildman–Crippen LogP) is 1.81. The number of nitro benzene ring substituents is 1. The molecular formula is C12H14FN5O2. The number of nitro groups is 1. The van der Waals surface area contributed by atoms with Crippen molar-refractivity contribution in [1.82, 2.24) is 20.3 Å². The molecule has 0 fully saturated rings. The fraction of sp³-hybridized carbons (Fsp3) is 0.333. The van der Waals surface area contributed by atoms with E-state index >= 15 is 0 Å². The Balaban J connectivity index is 2.32. The molecule has 1 aromatic heterocycles. The fourth-order valence-corrected chi connectivity index (χ4v) is 1.64. The molecule has 0 radical (unpaired) electrons. The van der Waals surface area contributed by atoms with Crippen molar-refractivity contribution in [3.8, 4) is 5.69 Å². The lowest BCUT2D eigenvalue weighted by molar-refractivity contribution is -0.384. The van der Waals surface area contributed by atoms with Crippen LogP contribution in [0, 0.1) is 15.9 Å². The van der Waals surface area contributed by atoms with Gasteiger partial charge < -0.3 is 5.32 Å². The number of halogens is 1. The zero-order valence-electron chi connectivity index (χ0n) is 11.1. The molecule has 2 rings (SSSR count). The van der Waals surface area contributed by atoms with Crippen molar-refractivity contribution < 1.29 is 9.31 Å². The van der Waals surface area contributed by atoms with Gasteiger partial charge in [0.2, 0.25) is 0 Å². The predicted molar refractivity (Wildman–Crippen MR) is 69.9 cm³/mol. The van der Waals surface area contributed by atoms with Crippen LogP contribution in [0.2, 0.25) is 0 Å². The Kier molecular flexibility index (Phi) is 4.04. The first-order valence-electron chi connectivity index (χ1n) is 6.06. The average molecular weight is 279 g/mol. The van der Waals surface area contributed by atoms with Crippen LogP contribution >= 0.6 is 0 Å². The monoisotopic (exact) mass is 279 g/mol. The molecule has 0 aliphatic carbocycles. The van der Waals surface area contributed by atoms with Gasteiger partial charge >= 0.3 is 0 Å². The largest absolute Gasteiger partial charge is 0.309 e. The summed E-state index contributed by atoms with van der Waals surface area (Å²) in [5.74, 6) is -0.567. The Labute approximate surface area is 114 Å². The highest BCUT2D eigenvalue weighted by atomic mass is 19.1. The molecule has 0 saturated carbocycles. The molecule has 106 valence electrons. The highest BCUT2D eigenvalue weighted by molar-refractivity contribution is 5.51. The van der Waals surface area contributed by atoms with E-state index in [0.29, 0.717) is 12.2 Å². The number of benzene rings is 1. The molecule has 0 aliphatic rings. The first-order valence-corrected chi connectivity index (χ1v) is 6.06. The van der Waals surface area contributed by atoms with Gasteiger partial charge in [-0.25, -0.2) is 9.07 Å². The molecule has 7 nitrogen and oxygen atoms in total. The van der Waals surface area contributed by atoms with Gasteiger partial charge in [-0.05, 0) is 6.07 Å². The third kappa shape index (κ3) is 3.15. The Morgan fingerprint density at radius 1 is 1.50 bits per heavy atom. The lowest BCUT2D eigenvalue weighted by Gasteiger charge is -2.04. The number of hydrogen-bond acceptors (Lipinski definition) is 5. The summed E-state index contributed by atoms with van der Waals surface area (Å²) in [5, 5.41) is 21.8. The molecule has 0 amide bonds. The van der Waals surface area contributed by atoms with Gasteiger partial charge in [-0.15, -0.1) is 5.10 Å². The maximum atomic E-state index is 13.3. The summed E-state index contributed by atoms with van der Waals surface area (Å²) in [6, 6.07) is 3.49. The molecule has 1 N–H and O–H groups in total. The molecule has 1 aromatic carbocycles. The summed E-state index contributed by atoms with van der Waals surface area (Å²) in [6.07, 6.45) is 1.54. The minimum absolute atomic E-state index is 0.0540. The first kappa shape index (κ1) is 14.1. The third-order valence-electron chi connectivity index (χ3n) is 2.61. The normalized spacial score (nSPS) is 11.0. The molecule has 0 atom stereocenters. The summed E-state index contributed by atoms with van der Waals surface area (Å²) in [6.45, 7) is 4.46.